The summed E-state index contributed by atoms with van der Waals surface area (Å²) in [6.45, 7) is -0.303. The Morgan fingerprint density at radius 2 is 2.33 bits per heavy atom. The Morgan fingerprint density at radius 1 is 1.50 bits per heavy atom. The molecule has 4 heteroatoms. The molecule has 0 fully saturated rings. The van der Waals surface area contributed by atoms with Gasteiger partial charge in [-0.2, -0.15) is 5.10 Å². The molecular weight excluding hydrogens is 159 g/mol. The zero-order valence-corrected chi connectivity index (χ0v) is 6.21. The van der Waals surface area contributed by atoms with Gasteiger partial charge in [0.1, 0.15) is 5.82 Å². The lowest BCUT2D eigenvalue weighted by atomic mass is 10.1. The number of nitrogens with one attached hydrogen (secondary N) is 1. The van der Waals surface area contributed by atoms with Gasteiger partial charge in [-0.3, -0.25) is 5.10 Å². The number of aliphatic hydroxyl groups is 1. The molecule has 0 aliphatic heterocycles. The predicted molar refractivity (Wildman–Crippen MR) is 42.0 cm³/mol. The molecule has 1 aromatic heterocycles. The largest absolute Gasteiger partial charge is 0.392 e. The number of aliphatic hydroxyl groups excluding tert-OH is 1. The summed E-state index contributed by atoms with van der Waals surface area (Å²) in [4.78, 5) is 0. The van der Waals surface area contributed by atoms with Crippen LogP contribution in [0.2, 0.25) is 0 Å². The number of hydrogen-bond donors (Lipinski definition) is 2. The number of fused-ring (bicyclic) bond motifs is 1. The first-order chi connectivity index (χ1) is 5.83. The molecule has 0 atom stereocenters. The highest BCUT2D eigenvalue weighted by molar-refractivity contribution is 5.81. The number of nitrogens with zero attached hydrogens (tertiary/aromatic N) is 1. The molecule has 3 nitrogen and oxygen atoms in total. The third-order valence-electron chi connectivity index (χ3n) is 1.84. The predicted octanol–water partition coefficient (Wildman–Crippen LogP) is 1.19. The molecule has 0 saturated carbocycles. The van der Waals surface area contributed by atoms with Crippen LogP contribution in [0.5, 0.6) is 0 Å². The normalized spacial score (nSPS) is 10.8. The Morgan fingerprint density at radius 3 is 3.08 bits per heavy atom. The summed E-state index contributed by atoms with van der Waals surface area (Å²) >= 11 is 0. The average molecular weight is 166 g/mol. The van der Waals surface area contributed by atoms with E-state index in [4.69, 9.17) is 5.11 Å². The van der Waals surface area contributed by atoms with Crippen molar-refractivity contribution in [2.45, 2.75) is 6.61 Å². The molecule has 0 amide bonds. The van der Waals surface area contributed by atoms with Crippen molar-refractivity contribution in [3.05, 3.63) is 29.7 Å². The number of H-pyrrole nitrogens is 1. The highest BCUT2D eigenvalue weighted by Crippen LogP contribution is 2.19. The molecule has 12 heavy (non-hydrogen) atoms. The van der Waals surface area contributed by atoms with E-state index < -0.39 is 5.82 Å². The first kappa shape index (κ1) is 7.24. The third-order valence-corrected chi connectivity index (χ3v) is 1.84. The Hall–Kier alpha value is -1.42. The van der Waals surface area contributed by atoms with Gasteiger partial charge in [-0.1, -0.05) is 0 Å². The SMILES string of the molecule is OCc1c(F)ccc2[nH]ncc12. The fourth-order valence-electron chi connectivity index (χ4n) is 1.21. The quantitative estimate of drug-likeness (QED) is 0.668. The van der Waals surface area contributed by atoms with E-state index in [0.717, 1.165) is 5.52 Å². The zero-order valence-electron chi connectivity index (χ0n) is 6.21. The van der Waals surface area contributed by atoms with E-state index in [1.54, 1.807) is 6.07 Å². The first-order valence-electron chi connectivity index (χ1n) is 3.54. The maximum atomic E-state index is 13.0. The Labute approximate surface area is 67.8 Å². The molecular formula is C8H7FN2O. The van der Waals surface area contributed by atoms with Crippen molar-refractivity contribution in [3.8, 4) is 0 Å². The van der Waals surface area contributed by atoms with Crippen molar-refractivity contribution in [1.82, 2.24) is 10.2 Å². The van der Waals surface area contributed by atoms with E-state index in [1.807, 2.05) is 0 Å². The van der Waals surface area contributed by atoms with Crippen LogP contribution in [0.25, 0.3) is 10.9 Å². The molecule has 1 heterocycles. The molecule has 0 spiro atoms. The highest BCUT2D eigenvalue weighted by Gasteiger charge is 2.06. The summed E-state index contributed by atoms with van der Waals surface area (Å²) < 4.78 is 13.0. The van der Waals surface area contributed by atoms with E-state index in [-0.39, 0.29) is 6.61 Å². The van der Waals surface area contributed by atoms with Crippen molar-refractivity contribution in [3.63, 3.8) is 0 Å². The molecule has 2 N–H and O–H groups in total. The van der Waals surface area contributed by atoms with Crippen molar-refractivity contribution in [2.75, 3.05) is 0 Å². The van der Waals surface area contributed by atoms with Gasteiger partial charge < -0.3 is 5.11 Å². The molecule has 0 aliphatic carbocycles. The second-order valence-electron chi connectivity index (χ2n) is 2.52. The summed E-state index contributed by atoms with van der Waals surface area (Å²) in [5, 5.41) is 15.9. The molecule has 1 aromatic carbocycles. The Balaban J connectivity index is 2.83. The van der Waals surface area contributed by atoms with Gasteiger partial charge in [-0.05, 0) is 12.1 Å². The topological polar surface area (TPSA) is 48.9 Å². The lowest BCUT2D eigenvalue weighted by Crippen LogP contribution is -1.89. The molecule has 2 rings (SSSR count). The van der Waals surface area contributed by atoms with Crippen LogP contribution >= 0.6 is 0 Å². The van der Waals surface area contributed by atoms with Crippen LogP contribution in [0.3, 0.4) is 0 Å². The van der Waals surface area contributed by atoms with Gasteiger partial charge in [0.15, 0.2) is 0 Å². The number of aromatic amines is 1. The van der Waals surface area contributed by atoms with E-state index in [2.05, 4.69) is 10.2 Å². The van der Waals surface area contributed by atoms with Crippen molar-refractivity contribution >= 4 is 10.9 Å². The smallest absolute Gasteiger partial charge is 0.129 e. The van der Waals surface area contributed by atoms with Gasteiger partial charge in [0.05, 0.1) is 18.3 Å². The van der Waals surface area contributed by atoms with Gasteiger partial charge in [0.2, 0.25) is 0 Å². The van der Waals surface area contributed by atoms with Crippen LogP contribution in [0.15, 0.2) is 18.3 Å². The fraction of sp³-hybridized carbons (Fsp3) is 0.125. The van der Waals surface area contributed by atoms with Crippen molar-refractivity contribution in [2.24, 2.45) is 0 Å². The summed E-state index contributed by atoms with van der Waals surface area (Å²) in [7, 11) is 0. The Bertz CT molecular complexity index is 410. The summed E-state index contributed by atoms with van der Waals surface area (Å²) in [5.74, 6) is -0.397. The minimum atomic E-state index is -0.397. The number of hydrogen-bond acceptors (Lipinski definition) is 2. The highest BCUT2D eigenvalue weighted by atomic mass is 19.1. The molecule has 2 aromatic rings. The minimum Gasteiger partial charge on any atom is -0.392 e. The number of rotatable bonds is 1. The summed E-state index contributed by atoms with van der Waals surface area (Å²) in [6, 6.07) is 2.91. The van der Waals surface area contributed by atoms with Crippen molar-refractivity contribution < 1.29 is 9.50 Å². The van der Waals surface area contributed by atoms with Crippen LogP contribution in [0.1, 0.15) is 5.56 Å². The summed E-state index contributed by atoms with van der Waals surface area (Å²) in [5.41, 5.74) is 1.03. The average Bonchev–Trinajstić information content (AvgIpc) is 2.52. The lowest BCUT2D eigenvalue weighted by molar-refractivity contribution is 0.277. The molecule has 0 aliphatic rings. The molecule has 0 unspecified atom stereocenters. The van der Waals surface area contributed by atoms with E-state index in [9.17, 15) is 4.39 Å². The third kappa shape index (κ3) is 0.887. The zero-order chi connectivity index (χ0) is 8.55. The van der Waals surface area contributed by atoms with Gasteiger partial charge in [-0.15, -0.1) is 0 Å². The van der Waals surface area contributed by atoms with E-state index in [0.29, 0.717) is 10.9 Å². The molecule has 0 radical (unpaired) electrons. The van der Waals surface area contributed by atoms with Gasteiger partial charge >= 0.3 is 0 Å². The molecule has 0 bridgehead atoms. The van der Waals surface area contributed by atoms with Gasteiger partial charge in [-0.25, -0.2) is 4.39 Å². The van der Waals surface area contributed by atoms with Crippen LogP contribution in [-0.4, -0.2) is 15.3 Å². The van der Waals surface area contributed by atoms with Crippen LogP contribution in [-0.2, 0) is 6.61 Å². The van der Waals surface area contributed by atoms with E-state index in [1.165, 1.54) is 12.3 Å². The molecule has 62 valence electrons. The first-order valence-corrected chi connectivity index (χ1v) is 3.54. The minimum absolute atomic E-state index is 0.293. The van der Waals surface area contributed by atoms with E-state index >= 15 is 0 Å². The van der Waals surface area contributed by atoms with Gasteiger partial charge in [0, 0.05) is 10.9 Å². The maximum absolute atomic E-state index is 13.0. The fourth-order valence-corrected chi connectivity index (χ4v) is 1.21. The van der Waals surface area contributed by atoms with Crippen LogP contribution < -0.4 is 0 Å². The second-order valence-corrected chi connectivity index (χ2v) is 2.52. The number of aromatic nitrogens is 2. The van der Waals surface area contributed by atoms with Crippen LogP contribution in [0, 0.1) is 5.82 Å². The standard InChI is InChI=1S/C8H7FN2O/c9-7-1-2-8-5(3-10-11-8)6(7)4-12/h1-3,12H,4H2,(H,10,11). The molecule has 0 saturated heterocycles. The van der Waals surface area contributed by atoms with Crippen LogP contribution in [0.4, 0.5) is 4.39 Å². The Kier molecular flexibility index (Phi) is 1.55. The second kappa shape index (κ2) is 2.57. The number of benzene rings is 1. The summed E-state index contributed by atoms with van der Waals surface area (Å²) in [6.07, 6.45) is 1.50. The maximum Gasteiger partial charge on any atom is 0.129 e. The van der Waals surface area contributed by atoms with Crippen molar-refractivity contribution in [1.29, 1.82) is 0 Å². The monoisotopic (exact) mass is 166 g/mol. The number of halogens is 1. The van der Waals surface area contributed by atoms with Gasteiger partial charge in [0.25, 0.3) is 0 Å². The lowest BCUT2D eigenvalue weighted by Gasteiger charge is -1.98.